The molecule has 2 aromatic rings. The van der Waals surface area contributed by atoms with E-state index in [0.717, 1.165) is 12.1 Å². The van der Waals surface area contributed by atoms with Crippen LogP contribution < -0.4 is 5.32 Å². The molecule has 0 unspecified atom stereocenters. The molecule has 28 heavy (non-hydrogen) atoms. The van der Waals surface area contributed by atoms with Gasteiger partial charge in [0.15, 0.2) is 5.82 Å². The maximum Gasteiger partial charge on any atom is 0.322 e. The van der Waals surface area contributed by atoms with Gasteiger partial charge >= 0.3 is 6.03 Å². The van der Waals surface area contributed by atoms with Gasteiger partial charge in [-0.15, -0.1) is 0 Å². The Labute approximate surface area is 166 Å². The molecule has 0 spiro atoms. The van der Waals surface area contributed by atoms with Gasteiger partial charge in [0.1, 0.15) is 11.5 Å². The highest BCUT2D eigenvalue weighted by atomic mass is 79.9. The molecule has 5 nitrogen and oxygen atoms in total. The van der Waals surface area contributed by atoms with Crippen LogP contribution in [-0.4, -0.2) is 27.3 Å². The Morgan fingerprint density at radius 3 is 2.79 bits per heavy atom. The predicted molar refractivity (Wildman–Crippen MR) is 97.2 cm³/mol. The average molecular weight is 461 g/mol. The third-order valence-corrected chi connectivity index (χ3v) is 5.85. The molecule has 0 radical (unpaired) electrons. The highest BCUT2D eigenvalue weighted by Gasteiger charge is 2.42. The number of rotatable bonds is 1. The molecule has 0 aliphatic carbocycles. The van der Waals surface area contributed by atoms with Crippen LogP contribution in [0.1, 0.15) is 36.2 Å². The number of amides is 2. The lowest BCUT2D eigenvalue weighted by Crippen LogP contribution is -2.39. The molecule has 2 aliphatic heterocycles. The van der Waals surface area contributed by atoms with Gasteiger partial charge in [-0.05, 0) is 40.9 Å². The molecule has 2 aliphatic rings. The lowest BCUT2D eigenvalue weighted by atomic mass is 10.00. The number of carbonyl (C=O) groups excluding carboxylic acids is 1. The first-order valence-corrected chi connectivity index (χ1v) is 9.73. The molecule has 0 fully saturated rings. The molecule has 0 atom stereocenters. The van der Waals surface area contributed by atoms with E-state index in [1.807, 2.05) is 0 Å². The maximum absolute atomic E-state index is 14.6. The molecule has 3 heterocycles. The number of fused-ring (bicyclic) bond motifs is 3. The molecule has 4 rings (SSSR count). The summed E-state index contributed by atoms with van der Waals surface area (Å²) in [5, 5.41) is 6.72. The lowest BCUT2D eigenvalue weighted by molar-refractivity contribution is -0.0203. The Bertz CT molecular complexity index is 946. The quantitative estimate of drug-likeness (QED) is 0.491. The van der Waals surface area contributed by atoms with Gasteiger partial charge in [-0.25, -0.2) is 13.6 Å². The summed E-state index contributed by atoms with van der Waals surface area (Å²) in [6.45, 7) is 0.667. The second kappa shape index (κ2) is 7.06. The summed E-state index contributed by atoms with van der Waals surface area (Å²) < 4.78 is 57.7. The highest BCUT2D eigenvalue weighted by Crippen LogP contribution is 2.40. The van der Waals surface area contributed by atoms with E-state index in [0.29, 0.717) is 37.1 Å². The van der Waals surface area contributed by atoms with Gasteiger partial charge in [-0.3, -0.25) is 4.68 Å². The highest BCUT2D eigenvalue weighted by molar-refractivity contribution is 9.10. The van der Waals surface area contributed by atoms with Gasteiger partial charge in [-0.1, -0.05) is 0 Å². The number of carbonyl (C=O) groups is 1. The number of alkyl halides is 2. The molecule has 1 N–H and O–H groups in total. The molecule has 10 heteroatoms. The number of benzene rings is 1. The van der Waals surface area contributed by atoms with E-state index in [9.17, 15) is 22.4 Å². The fourth-order valence-corrected chi connectivity index (χ4v) is 4.06. The van der Waals surface area contributed by atoms with Gasteiger partial charge in [0, 0.05) is 31.5 Å². The first-order valence-electron chi connectivity index (χ1n) is 8.94. The average Bonchev–Trinajstić information content (AvgIpc) is 2.96. The van der Waals surface area contributed by atoms with Crippen LogP contribution in [0.15, 0.2) is 16.6 Å². The van der Waals surface area contributed by atoms with Crippen LogP contribution in [0, 0.1) is 11.6 Å². The van der Waals surface area contributed by atoms with Crippen molar-refractivity contribution in [3.63, 3.8) is 0 Å². The normalized spacial score (nSPS) is 18.2. The second-order valence-electron chi connectivity index (χ2n) is 6.98. The topological polar surface area (TPSA) is 50.2 Å². The summed E-state index contributed by atoms with van der Waals surface area (Å²) in [6.07, 6.45) is 1.14. The molecule has 150 valence electrons. The predicted octanol–water partition coefficient (Wildman–Crippen LogP) is 4.79. The molecular weight excluding hydrogens is 444 g/mol. The number of nitrogens with one attached hydrogen (secondary N) is 1. The molecule has 0 saturated carbocycles. The second-order valence-corrected chi connectivity index (χ2v) is 7.78. The van der Waals surface area contributed by atoms with Crippen LogP contribution in [0.5, 0.6) is 0 Å². The van der Waals surface area contributed by atoms with E-state index in [2.05, 4.69) is 26.3 Å². The van der Waals surface area contributed by atoms with E-state index in [4.69, 9.17) is 0 Å². The number of hydrogen-bond acceptors (Lipinski definition) is 2. The summed E-state index contributed by atoms with van der Waals surface area (Å²) in [5.74, 6) is -4.72. The minimum Gasteiger partial charge on any atom is -0.320 e. The Kier molecular flexibility index (Phi) is 4.84. The Morgan fingerprint density at radius 1 is 1.21 bits per heavy atom. The fourth-order valence-electron chi connectivity index (χ4n) is 3.71. The number of urea groups is 1. The zero-order chi connectivity index (χ0) is 20.1. The molecular formula is C18H17BrF4N4O. The molecule has 1 aromatic heterocycles. The fraction of sp³-hybridized carbons (Fsp3) is 0.444. The number of aromatic nitrogens is 2. The van der Waals surface area contributed by atoms with Gasteiger partial charge in [-0.2, -0.15) is 13.9 Å². The van der Waals surface area contributed by atoms with Crippen molar-refractivity contribution >= 4 is 27.6 Å². The number of hydrogen-bond donors (Lipinski definition) is 1. The Hall–Kier alpha value is -2.10. The van der Waals surface area contributed by atoms with Crippen LogP contribution in [-0.2, 0) is 25.4 Å². The lowest BCUT2D eigenvalue weighted by Gasteiger charge is -2.28. The smallest absolute Gasteiger partial charge is 0.320 e. The SMILES string of the molecule is O=C(Nc1ccc(F)c(Br)c1F)N1CCc2nn3c(c2C1)C(F)(F)CCCC3. The van der Waals surface area contributed by atoms with E-state index < -0.39 is 23.6 Å². The van der Waals surface area contributed by atoms with Crippen molar-refractivity contribution in [2.75, 3.05) is 11.9 Å². The number of nitrogens with zero attached hydrogens (tertiary/aromatic N) is 3. The van der Waals surface area contributed by atoms with Crippen molar-refractivity contribution in [2.45, 2.75) is 44.7 Å². The standard InChI is InChI=1S/C18H17BrF4N4O/c19-14-11(20)3-4-13(15(14)21)24-17(28)26-8-5-12-10(9-26)16-18(22,23)6-1-2-7-27(16)25-12/h3-4H,1-2,5-9H2,(H,24,28). The first kappa shape index (κ1) is 19.2. The number of halogens is 5. The van der Waals surface area contributed by atoms with E-state index in [1.54, 1.807) is 0 Å². The summed E-state index contributed by atoms with van der Waals surface area (Å²) >= 11 is 2.78. The van der Waals surface area contributed by atoms with Gasteiger partial charge in [0.2, 0.25) is 0 Å². The Morgan fingerprint density at radius 2 is 2.00 bits per heavy atom. The minimum absolute atomic E-state index is 0.0317. The zero-order valence-corrected chi connectivity index (χ0v) is 16.3. The van der Waals surface area contributed by atoms with Crippen LogP contribution in [0.25, 0.3) is 0 Å². The first-order chi connectivity index (χ1) is 13.3. The van der Waals surface area contributed by atoms with Crippen LogP contribution in [0.3, 0.4) is 0 Å². The summed E-state index contributed by atoms with van der Waals surface area (Å²) in [4.78, 5) is 13.9. The molecule has 0 saturated heterocycles. The maximum atomic E-state index is 14.6. The van der Waals surface area contributed by atoms with Crippen molar-refractivity contribution in [3.8, 4) is 0 Å². The molecule has 0 bridgehead atoms. The Balaban J connectivity index is 1.58. The summed E-state index contributed by atoms with van der Waals surface area (Å²) in [5.41, 5.74) is 0.641. The third kappa shape index (κ3) is 3.27. The molecule has 1 aromatic carbocycles. The summed E-state index contributed by atoms with van der Waals surface area (Å²) in [7, 11) is 0. The van der Waals surface area contributed by atoms with Crippen molar-refractivity contribution in [2.24, 2.45) is 0 Å². The zero-order valence-electron chi connectivity index (χ0n) is 14.7. The third-order valence-electron chi connectivity index (χ3n) is 5.12. The van der Waals surface area contributed by atoms with Crippen LogP contribution in [0.4, 0.5) is 28.0 Å². The van der Waals surface area contributed by atoms with E-state index in [1.165, 1.54) is 9.58 Å². The number of anilines is 1. The van der Waals surface area contributed by atoms with Crippen LogP contribution >= 0.6 is 15.9 Å². The van der Waals surface area contributed by atoms with Gasteiger partial charge < -0.3 is 10.2 Å². The number of aryl methyl sites for hydroxylation is 1. The van der Waals surface area contributed by atoms with Gasteiger partial charge in [0.25, 0.3) is 5.92 Å². The van der Waals surface area contributed by atoms with Crippen molar-refractivity contribution in [1.82, 2.24) is 14.7 Å². The minimum atomic E-state index is -3.00. The summed E-state index contributed by atoms with van der Waals surface area (Å²) in [6, 6.07) is 1.50. The van der Waals surface area contributed by atoms with Crippen LogP contribution in [0.2, 0.25) is 0 Å². The van der Waals surface area contributed by atoms with Crippen molar-refractivity contribution in [1.29, 1.82) is 0 Å². The largest absolute Gasteiger partial charge is 0.322 e. The van der Waals surface area contributed by atoms with E-state index in [-0.39, 0.29) is 35.4 Å². The molecule has 2 amide bonds. The van der Waals surface area contributed by atoms with E-state index >= 15 is 0 Å². The van der Waals surface area contributed by atoms with Crippen molar-refractivity contribution in [3.05, 3.63) is 45.2 Å². The van der Waals surface area contributed by atoms with Crippen molar-refractivity contribution < 1.29 is 22.4 Å². The van der Waals surface area contributed by atoms with Gasteiger partial charge in [0.05, 0.1) is 22.4 Å². The monoisotopic (exact) mass is 460 g/mol.